The smallest absolute Gasteiger partial charge is 0.258 e. The number of halogens is 3. The molecule has 4 heterocycles. The van der Waals surface area contributed by atoms with Crippen molar-refractivity contribution in [1.82, 2.24) is 9.97 Å². The summed E-state index contributed by atoms with van der Waals surface area (Å²) in [5.74, 6) is -3.21. The van der Waals surface area contributed by atoms with Gasteiger partial charge in [-0.05, 0) is 44.4 Å². The second-order valence-corrected chi connectivity index (χ2v) is 12.8. The van der Waals surface area contributed by atoms with Crippen molar-refractivity contribution in [2.24, 2.45) is 5.41 Å². The van der Waals surface area contributed by atoms with E-state index in [1.54, 1.807) is 24.0 Å². The largest absolute Gasteiger partial charge is 0.395 e. The number of alkyl halides is 3. The van der Waals surface area contributed by atoms with Crippen LogP contribution in [0.3, 0.4) is 0 Å². The van der Waals surface area contributed by atoms with Gasteiger partial charge in [0.15, 0.2) is 0 Å². The lowest BCUT2D eigenvalue weighted by molar-refractivity contribution is -0.0222. The van der Waals surface area contributed by atoms with E-state index >= 15 is 0 Å². The number of rotatable bonds is 9. The molecule has 1 aromatic carbocycles. The van der Waals surface area contributed by atoms with Crippen LogP contribution >= 0.6 is 0 Å². The first kappa shape index (κ1) is 28.4. The lowest BCUT2D eigenvalue weighted by Crippen LogP contribution is -2.59. The molecule has 1 saturated carbocycles. The van der Waals surface area contributed by atoms with Gasteiger partial charge in [0, 0.05) is 55.7 Å². The third-order valence-electron chi connectivity index (χ3n) is 7.99. The van der Waals surface area contributed by atoms with E-state index in [1.807, 2.05) is 4.90 Å². The van der Waals surface area contributed by atoms with Gasteiger partial charge in [-0.15, -0.1) is 0 Å². The number of nitrogens with zero attached hydrogens (tertiary/aromatic N) is 4. The molecule has 10 nitrogen and oxygen atoms in total. The van der Waals surface area contributed by atoms with E-state index < -0.39 is 40.9 Å². The summed E-state index contributed by atoms with van der Waals surface area (Å²) in [6, 6.07) is 6.16. The van der Waals surface area contributed by atoms with E-state index in [1.165, 1.54) is 12.1 Å². The first-order valence-corrected chi connectivity index (χ1v) is 14.9. The van der Waals surface area contributed by atoms with Crippen LogP contribution in [-0.2, 0) is 10.0 Å². The average Bonchev–Trinajstić information content (AvgIpc) is 2.87. The van der Waals surface area contributed by atoms with Crippen LogP contribution in [0.5, 0.6) is 0 Å². The highest BCUT2D eigenvalue weighted by Crippen LogP contribution is 2.52. The summed E-state index contributed by atoms with van der Waals surface area (Å²) in [6.45, 7) is 1.49. The van der Waals surface area contributed by atoms with E-state index in [-0.39, 0.29) is 60.4 Å². The number of benzene rings is 1. The van der Waals surface area contributed by atoms with Crippen LogP contribution in [0.25, 0.3) is 0 Å². The number of nitrogens with one attached hydrogen (secondary N) is 2. The van der Waals surface area contributed by atoms with Gasteiger partial charge in [0.1, 0.15) is 5.82 Å². The van der Waals surface area contributed by atoms with Crippen molar-refractivity contribution in [1.29, 1.82) is 0 Å². The first-order chi connectivity index (χ1) is 18.9. The Labute approximate surface area is 231 Å². The SMILES string of the molecule is Cc1cc(NC(=O)c2ccc(NS(=O)(=O)CCO)cc2N2CCC3(CF)CC2C3)nc(N2CCC(F)(F)CC2)n1. The van der Waals surface area contributed by atoms with Crippen molar-refractivity contribution < 1.29 is 31.5 Å². The molecule has 40 heavy (non-hydrogen) atoms. The van der Waals surface area contributed by atoms with E-state index in [0.717, 1.165) is 0 Å². The zero-order chi connectivity index (χ0) is 28.7. The van der Waals surface area contributed by atoms with Gasteiger partial charge in [0.25, 0.3) is 11.8 Å². The fourth-order valence-corrected chi connectivity index (χ4v) is 6.58. The second kappa shape index (κ2) is 10.7. The predicted octanol–water partition coefficient (Wildman–Crippen LogP) is 3.34. The molecular formula is C26H33F3N6O4S. The zero-order valence-electron chi connectivity index (χ0n) is 22.2. The molecule has 0 atom stereocenters. The van der Waals surface area contributed by atoms with Crippen molar-refractivity contribution >= 4 is 39.1 Å². The van der Waals surface area contributed by atoms with Crippen LogP contribution in [0.2, 0.25) is 0 Å². The maximum atomic E-state index is 13.6. The number of anilines is 4. The number of hydrogen-bond acceptors (Lipinski definition) is 8. The van der Waals surface area contributed by atoms with Gasteiger partial charge >= 0.3 is 0 Å². The highest BCUT2D eigenvalue weighted by atomic mass is 32.2. The molecule has 0 unspecified atom stereocenters. The molecule has 4 fully saturated rings. The summed E-state index contributed by atoms with van der Waals surface area (Å²) < 4.78 is 67.8. The molecule has 1 amide bonds. The highest BCUT2D eigenvalue weighted by molar-refractivity contribution is 7.92. The Morgan fingerprint density at radius 3 is 2.48 bits per heavy atom. The number of amides is 1. The number of fused-ring (bicyclic) bond motifs is 2. The Kier molecular flexibility index (Phi) is 7.59. The van der Waals surface area contributed by atoms with Gasteiger partial charge in [-0.25, -0.2) is 22.2 Å². The Morgan fingerprint density at radius 2 is 1.85 bits per heavy atom. The number of piperidine rings is 3. The predicted molar refractivity (Wildman–Crippen MR) is 145 cm³/mol. The average molecular weight is 583 g/mol. The fourth-order valence-electron chi connectivity index (χ4n) is 5.75. The van der Waals surface area contributed by atoms with E-state index in [0.29, 0.717) is 37.2 Å². The van der Waals surface area contributed by atoms with E-state index in [2.05, 4.69) is 20.0 Å². The molecule has 2 bridgehead atoms. The van der Waals surface area contributed by atoms with Crippen molar-refractivity contribution in [2.45, 2.75) is 51.0 Å². The lowest BCUT2D eigenvalue weighted by atomic mass is 9.60. The standard InChI is InChI=1S/C26H33F3N6O4S/c1-17-12-22(32-24(30-17)34-7-5-26(28,29)6-8-34)31-23(37)20-3-2-18(33-40(38,39)11-10-36)13-21(20)35-9-4-25(16-27)14-19(35)15-25/h2-3,12-13,19,33,36H,4-11,14-16H2,1H3,(H,30,31,32,37). The maximum absolute atomic E-state index is 13.6. The minimum Gasteiger partial charge on any atom is -0.395 e. The van der Waals surface area contributed by atoms with Crippen molar-refractivity contribution in [3.63, 3.8) is 0 Å². The third kappa shape index (κ3) is 5.97. The molecule has 3 N–H and O–H groups in total. The van der Waals surface area contributed by atoms with Crippen LogP contribution in [-0.4, -0.2) is 80.0 Å². The van der Waals surface area contributed by atoms with Crippen LogP contribution in [0.1, 0.15) is 48.2 Å². The molecule has 218 valence electrons. The number of sulfonamides is 1. The van der Waals surface area contributed by atoms with Crippen molar-refractivity contribution in [2.75, 3.05) is 58.5 Å². The van der Waals surface area contributed by atoms with Gasteiger partial charge in [-0.3, -0.25) is 13.9 Å². The Morgan fingerprint density at radius 1 is 1.12 bits per heavy atom. The maximum Gasteiger partial charge on any atom is 0.258 e. The molecule has 6 rings (SSSR count). The monoisotopic (exact) mass is 582 g/mol. The molecule has 14 heteroatoms. The second-order valence-electron chi connectivity index (χ2n) is 11.0. The molecular weight excluding hydrogens is 549 g/mol. The van der Waals surface area contributed by atoms with E-state index in [4.69, 9.17) is 5.11 Å². The van der Waals surface area contributed by atoms with Gasteiger partial charge in [0.2, 0.25) is 16.0 Å². The first-order valence-electron chi connectivity index (χ1n) is 13.3. The summed E-state index contributed by atoms with van der Waals surface area (Å²) in [5.41, 5.74) is 1.25. The quantitative estimate of drug-likeness (QED) is 0.411. The molecule has 1 aromatic heterocycles. The number of carbonyl (C=O) groups excluding carboxylic acids is 1. The van der Waals surface area contributed by atoms with Crippen LogP contribution in [0, 0.1) is 12.3 Å². The number of aliphatic hydroxyl groups is 1. The Hall–Kier alpha value is -3.13. The molecule has 0 spiro atoms. The highest BCUT2D eigenvalue weighted by Gasteiger charge is 2.51. The number of aromatic nitrogens is 2. The van der Waals surface area contributed by atoms with Gasteiger partial charge in [-0.2, -0.15) is 4.98 Å². The topological polar surface area (TPSA) is 128 Å². The number of hydrogen-bond donors (Lipinski definition) is 3. The van der Waals surface area contributed by atoms with Gasteiger partial charge in [-0.1, -0.05) is 0 Å². The lowest BCUT2D eigenvalue weighted by Gasteiger charge is -2.57. The van der Waals surface area contributed by atoms with Crippen LogP contribution < -0.4 is 19.8 Å². The molecule has 3 saturated heterocycles. The molecule has 3 aliphatic heterocycles. The molecule has 2 aromatic rings. The summed E-state index contributed by atoms with van der Waals surface area (Å²) >= 11 is 0. The fraction of sp³-hybridized carbons (Fsp3) is 0.577. The van der Waals surface area contributed by atoms with Gasteiger partial charge in [0.05, 0.1) is 36.0 Å². The molecule has 4 aliphatic rings. The summed E-state index contributed by atoms with van der Waals surface area (Å²) in [4.78, 5) is 26.0. The van der Waals surface area contributed by atoms with Crippen LogP contribution in [0.15, 0.2) is 24.3 Å². The number of carbonyl (C=O) groups is 1. The minimum absolute atomic E-state index is 0.0190. The summed E-state index contributed by atoms with van der Waals surface area (Å²) in [5, 5.41) is 11.9. The summed E-state index contributed by atoms with van der Waals surface area (Å²) in [7, 11) is -3.80. The number of aliphatic hydroxyl groups excluding tert-OH is 1. The van der Waals surface area contributed by atoms with Gasteiger partial charge < -0.3 is 20.2 Å². The van der Waals surface area contributed by atoms with E-state index in [9.17, 15) is 26.4 Å². The van der Waals surface area contributed by atoms with Crippen LogP contribution in [0.4, 0.5) is 36.3 Å². The normalized spacial score (nSPS) is 23.9. The summed E-state index contributed by atoms with van der Waals surface area (Å²) in [6.07, 6.45) is 1.31. The zero-order valence-corrected chi connectivity index (χ0v) is 23.0. The Balaban J connectivity index is 1.41. The third-order valence-corrected chi connectivity index (χ3v) is 9.26. The minimum atomic E-state index is -3.80. The van der Waals surface area contributed by atoms with Crippen molar-refractivity contribution in [3.05, 3.63) is 35.5 Å². The van der Waals surface area contributed by atoms with Crippen molar-refractivity contribution in [3.8, 4) is 0 Å². The molecule has 0 radical (unpaired) electrons. The molecule has 1 aliphatic carbocycles. The number of aryl methyl sites for hydroxylation is 1. The Bertz CT molecular complexity index is 1370.